The third-order valence-electron chi connectivity index (χ3n) is 6.59. The highest BCUT2D eigenvalue weighted by Crippen LogP contribution is 2.46. The lowest BCUT2D eigenvalue weighted by Crippen LogP contribution is -2.30. The molecule has 7 nitrogen and oxygen atoms in total. The van der Waals surface area contributed by atoms with E-state index in [1.807, 2.05) is 31.2 Å². The summed E-state index contributed by atoms with van der Waals surface area (Å²) in [5.41, 5.74) is 5.17. The number of carbonyl (C=O) groups excluding carboxylic acids is 1. The molecule has 2 heterocycles. The number of aromatic nitrogens is 2. The van der Waals surface area contributed by atoms with E-state index in [1.165, 1.54) is 22.7 Å². The topological polar surface area (TPSA) is 83.8 Å². The van der Waals surface area contributed by atoms with E-state index in [1.54, 1.807) is 29.9 Å². The first-order chi connectivity index (χ1) is 17.6. The molecular weight excluding hydrogens is 559 g/mol. The van der Waals surface area contributed by atoms with E-state index in [9.17, 15) is 17.6 Å². The summed E-state index contributed by atoms with van der Waals surface area (Å²) >= 11 is 3.50. The van der Waals surface area contributed by atoms with Gasteiger partial charge in [0.2, 0.25) is 10.0 Å². The number of hydrogen-bond donors (Lipinski definition) is 1. The molecule has 1 aliphatic carbocycles. The van der Waals surface area contributed by atoms with Crippen molar-refractivity contribution in [2.24, 2.45) is 0 Å². The van der Waals surface area contributed by atoms with Crippen LogP contribution in [0.25, 0.3) is 16.8 Å². The average molecular weight is 585 g/mol. The van der Waals surface area contributed by atoms with Crippen LogP contribution < -0.4 is 9.62 Å². The molecule has 2 aromatic carbocycles. The van der Waals surface area contributed by atoms with Crippen LogP contribution in [-0.2, 0) is 16.6 Å². The number of pyridine rings is 1. The van der Waals surface area contributed by atoms with Gasteiger partial charge in [0, 0.05) is 17.1 Å². The number of sulfonamides is 1. The largest absolute Gasteiger partial charge is 0.355 e. The molecule has 0 aliphatic heterocycles. The molecule has 1 amide bonds. The molecule has 192 valence electrons. The molecule has 37 heavy (non-hydrogen) atoms. The zero-order valence-corrected chi connectivity index (χ0v) is 23.0. The number of rotatable bonds is 7. The number of nitrogens with zero attached hydrogens (tertiary/aromatic N) is 3. The van der Waals surface area contributed by atoms with Crippen LogP contribution in [0.4, 0.5) is 10.1 Å². The first kappa shape index (κ1) is 25.4. The fourth-order valence-corrected chi connectivity index (χ4v) is 5.68. The van der Waals surface area contributed by atoms with Crippen LogP contribution in [0.5, 0.6) is 0 Å². The second-order valence-corrected chi connectivity index (χ2v) is 12.1. The van der Waals surface area contributed by atoms with Crippen LogP contribution in [0, 0.1) is 12.7 Å². The van der Waals surface area contributed by atoms with Gasteiger partial charge in [-0.2, -0.15) is 5.10 Å². The molecule has 1 aliphatic rings. The van der Waals surface area contributed by atoms with Gasteiger partial charge in [-0.3, -0.25) is 9.10 Å². The van der Waals surface area contributed by atoms with E-state index in [2.05, 4.69) is 26.3 Å². The van der Waals surface area contributed by atoms with E-state index in [0.29, 0.717) is 28.0 Å². The van der Waals surface area contributed by atoms with Crippen molar-refractivity contribution in [1.82, 2.24) is 14.9 Å². The summed E-state index contributed by atoms with van der Waals surface area (Å²) < 4.78 is 43.7. The van der Waals surface area contributed by atoms with Gasteiger partial charge in [0.25, 0.3) is 5.91 Å². The minimum atomic E-state index is -3.66. The molecule has 0 radical (unpaired) electrons. The second-order valence-electron chi connectivity index (χ2n) is 9.38. The van der Waals surface area contributed by atoms with Gasteiger partial charge in [0.05, 0.1) is 35.8 Å². The SMILES string of the molecule is CNC(=O)c1c(-c2ccc(F)cc2)nn2cc(N(Cc3ccc(Br)c(C)c3)S(C)(=O)=O)c(C3CC3)cc12. The quantitative estimate of drug-likeness (QED) is 0.314. The highest BCUT2D eigenvalue weighted by molar-refractivity contribution is 9.10. The molecule has 1 fully saturated rings. The Kier molecular flexibility index (Phi) is 6.57. The molecule has 2 aromatic heterocycles. The number of carbonyl (C=O) groups is 1. The van der Waals surface area contributed by atoms with Crippen molar-refractivity contribution < 1.29 is 17.6 Å². The van der Waals surface area contributed by atoms with Gasteiger partial charge in [-0.1, -0.05) is 28.1 Å². The molecular formula is C27H26BrFN4O3S. The van der Waals surface area contributed by atoms with Crippen molar-refractivity contribution in [1.29, 1.82) is 0 Å². The molecule has 0 saturated heterocycles. The average Bonchev–Trinajstić information content (AvgIpc) is 3.63. The van der Waals surface area contributed by atoms with E-state index < -0.39 is 10.0 Å². The third kappa shape index (κ3) is 5.00. The third-order valence-corrected chi connectivity index (χ3v) is 8.60. The highest BCUT2D eigenvalue weighted by Gasteiger charge is 2.33. The summed E-state index contributed by atoms with van der Waals surface area (Å²) in [7, 11) is -2.11. The van der Waals surface area contributed by atoms with Crippen LogP contribution in [0.3, 0.4) is 0 Å². The summed E-state index contributed by atoms with van der Waals surface area (Å²) in [5, 5.41) is 7.34. The summed E-state index contributed by atoms with van der Waals surface area (Å²) in [6.07, 6.45) is 4.76. The van der Waals surface area contributed by atoms with Crippen LogP contribution in [0.2, 0.25) is 0 Å². The van der Waals surface area contributed by atoms with E-state index in [-0.39, 0.29) is 24.2 Å². The molecule has 0 unspecified atom stereocenters. The molecule has 1 N–H and O–H groups in total. The van der Waals surface area contributed by atoms with Crippen molar-refractivity contribution in [3.63, 3.8) is 0 Å². The minimum absolute atomic E-state index is 0.159. The fourth-order valence-electron chi connectivity index (χ4n) is 4.54. The Morgan fingerprint density at radius 2 is 1.89 bits per heavy atom. The molecule has 0 bridgehead atoms. The lowest BCUT2D eigenvalue weighted by Gasteiger charge is -2.25. The van der Waals surface area contributed by atoms with Gasteiger partial charge in [-0.05, 0) is 78.8 Å². The first-order valence-electron chi connectivity index (χ1n) is 11.8. The van der Waals surface area contributed by atoms with Crippen molar-refractivity contribution in [2.45, 2.75) is 32.2 Å². The number of aryl methyl sites for hydroxylation is 1. The predicted octanol–water partition coefficient (Wildman–Crippen LogP) is 5.41. The smallest absolute Gasteiger partial charge is 0.255 e. The number of nitrogens with one attached hydrogen (secondary N) is 1. The van der Waals surface area contributed by atoms with Gasteiger partial charge in [-0.15, -0.1) is 0 Å². The second kappa shape index (κ2) is 9.57. The number of amides is 1. The van der Waals surface area contributed by atoms with Crippen LogP contribution >= 0.6 is 15.9 Å². The maximum Gasteiger partial charge on any atom is 0.255 e. The monoisotopic (exact) mass is 584 g/mol. The van der Waals surface area contributed by atoms with E-state index in [4.69, 9.17) is 0 Å². The molecule has 0 spiro atoms. The normalized spacial score (nSPS) is 13.6. The van der Waals surface area contributed by atoms with Crippen molar-refractivity contribution in [3.8, 4) is 11.3 Å². The molecule has 5 rings (SSSR count). The maximum absolute atomic E-state index is 13.6. The summed E-state index contributed by atoms with van der Waals surface area (Å²) in [6, 6.07) is 13.4. The van der Waals surface area contributed by atoms with Gasteiger partial charge in [-0.25, -0.2) is 17.3 Å². The Morgan fingerprint density at radius 1 is 1.19 bits per heavy atom. The number of hydrogen-bond acceptors (Lipinski definition) is 4. The Balaban J connectivity index is 1.72. The molecule has 1 saturated carbocycles. The predicted molar refractivity (Wildman–Crippen MR) is 146 cm³/mol. The first-order valence-corrected chi connectivity index (χ1v) is 14.5. The minimum Gasteiger partial charge on any atom is -0.355 e. The Labute approximate surface area is 223 Å². The summed E-state index contributed by atoms with van der Waals surface area (Å²) in [4.78, 5) is 13.0. The van der Waals surface area contributed by atoms with E-state index in [0.717, 1.165) is 34.0 Å². The fraction of sp³-hybridized carbons (Fsp3) is 0.259. The van der Waals surface area contributed by atoms with Crippen LogP contribution in [0.1, 0.15) is 45.8 Å². The van der Waals surface area contributed by atoms with Crippen LogP contribution in [0.15, 0.2) is 59.2 Å². The summed E-state index contributed by atoms with van der Waals surface area (Å²) in [5.74, 6) is -0.522. The number of fused-ring (bicyclic) bond motifs is 1. The molecule has 10 heteroatoms. The van der Waals surface area contributed by atoms with Gasteiger partial charge >= 0.3 is 0 Å². The maximum atomic E-state index is 13.6. The lowest BCUT2D eigenvalue weighted by molar-refractivity contribution is 0.0965. The van der Waals surface area contributed by atoms with Crippen molar-refractivity contribution in [3.05, 3.63) is 87.3 Å². The van der Waals surface area contributed by atoms with E-state index >= 15 is 0 Å². The Hall–Kier alpha value is -3.24. The van der Waals surface area contributed by atoms with Crippen LogP contribution in [-0.4, -0.2) is 37.2 Å². The van der Waals surface area contributed by atoms with Crippen molar-refractivity contribution >= 4 is 43.1 Å². The number of benzene rings is 2. The molecule has 0 atom stereocenters. The number of anilines is 1. The standard InChI is InChI=1S/C27H26BrFN4O3S/c1-16-12-17(4-11-22(16)28)14-33(37(3,35)36)24-15-32-23(13-21(24)18-5-6-18)25(27(34)30-2)26(31-32)19-7-9-20(29)10-8-19/h4,7-13,15,18H,5-6,14H2,1-3H3,(H,30,34). The zero-order valence-electron chi connectivity index (χ0n) is 20.6. The lowest BCUT2D eigenvalue weighted by atomic mass is 10.0. The Morgan fingerprint density at radius 3 is 2.49 bits per heavy atom. The zero-order chi connectivity index (χ0) is 26.5. The van der Waals surface area contributed by atoms with Gasteiger partial charge in [0.1, 0.15) is 11.5 Å². The summed E-state index contributed by atoms with van der Waals surface area (Å²) in [6.45, 7) is 2.12. The van der Waals surface area contributed by atoms with Gasteiger partial charge in [0.15, 0.2) is 0 Å². The number of halogens is 2. The Bertz CT molecular complexity index is 1630. The van der Waals surface area contributed by atoms with Crippen molar-refractivity contribution in [2.75, 3.05) is 17.6 Å². The highest BCUT2D eigenvalue weighted by atomic mass is 79.9. The van der Waals surface area contributed by atoms with Gasteiger partial charge < -0.3 is 5.32 Å². The molecule has 4 aromatic rings.